The van der Waals surface area contributed by atoms with Crippen molar-refractivity contribution in [2.45, 2.75) is 0 Å². The minimum absolute atomic E-state index is 0.162. The van der Waals surface area contributed by atoms with E-state index in [9.17, 15) is 30.3 Å². The van der Waals surface area contributed by atoms with E-state index in [1.807, 2.05) is 0 Å². The van der Waals surface area contributed by atoms with E-state index in [2.05, 4.69) is 10.4 Å². The second-order valence-corrected chi connectivity index (χ2v) is 4.09. The fraction of sp³-hybridized carbons (Fsp3) is 0.100. The number of aromatic nitrogens is 2. The van der Waals surface area contributed by atoms with Crippen molar-refractivity contribution in [2.75, 3.05) is 5.32 Å². The zero-order chi connectivity index (χ0) is 16.4. The van der Waals surface area contributed by atoms with E-state index in [-0.39, 0.29) is 17.2 Å². The Bertz CT molecular complexity index is 784. The van der Waals surface area contributed by atoms with Crippen molar-refractivity contribution in [3.63, 3.8) is 0 Å². The highest BCUT2D eigenvalue weighted by molar-refractivity contribution is 5.72. The van der Waals surface area contributed by atoms with Gasteiger partial charge < -0.3 is 15.4 Å². The predicted octanol–water partition coefficient (Wildman–Crippen LogP) is 1.89. The van der Waals surface area contributed by atoms with Gasteiger partial charge in [0.05, 0.1) is 22.0 Å². The standard InChI is InChI=1S/C10H8N6O6/c1-13-9(8(15(19)20)10(12-13)16(21)22)11-6-3-2-4-7(5-6)14(17)18/h2-5,11H,1H3. The molecule has 0 spiro atoms. The van der Waals surface area contributed by atoms with E-state index < -0.39 is 26.3 Å². The summed E-state index contributed by atoms with van der Waals surface area (Å²) in [5, 5.41) is 38.5. The van der Waals surface area contributed by atoms with Gasteiger partial charge in [-0.3, -0.25) is 20.2 Å². The highest BCUT2D eigenvalue weighted by Crippen LogP contribution is 2.35. The van der Waals surface area contributed by atoms with Crippen LogP contribution in [-0.4, -0.2) is 24.6 Å². The van der Waals surface area contributed by atoms with Crippen LogP contribution in [0.5, 0.6) is 0 Å². The van der Waals surface area contributed by atoms with Crippen molar-refractivity contribution >= 4 is 28.7 Å². The third-order valence-corrected chi connectivity index (χ3v) is 2.68. The number of aryl methyl sites for hydroxylation is 1. The van der Waals surface area contributed by atoms with Crippen molar-refractivity contribution in [2.24, 2.45) is 7.05 Å². The normalized spacial score (nSPS) is 10.2. The Balaban J connectivity index is 2.50. The molecule has 0 saturated carbocycles. The molecule has 1 heterocycles. The number of hydrogen-bond acceptors (Lipinski definition) is 8. The first kappa shape index (κ1) is 14.8. The summed E-state index contributed by atoms with van der Waals surface area (Å²) in [5.74, 6) is -1.17. The number of nitrogens with zero attached hydrogens (tertiary/aromatic N) is 5. The van der Waals surface area contributed by atoms with Gasteiger partial charge in [0.25, 0.3) is 5.69 Å². The van der Waals surface area contributed by atoms with Crippen LogP contribution in [0.4, 0.5) is 28.7 Å². The SMILES string of the molecule is Cn1nc([N+](=O)[O-])c([N+](=O)[O-])c1Nc1cccc([N+](=O)[O-])c1. The number of non-ortho nitro benzene ring substituents is 1. The first-order valence-electron chi connectivity index (χ1n) is 5.68. The van der Waals surface area contributed by atoms with Gasteiger partial charge in [0.1, 0.15) is 0 Å². The maximum atomic E-state index is 11.0. The van der Waals surface area contributed by atoms with Crippen LogP contribution >= 0.6 is 0 Å². The summed E-state index contributed by atoms with van der Waals surface area (Å²) >= 11 is 0. The number of nitro benzene ring substituents is 1. The molecule has 22 heavy (non-hydrogen) atoms. The molecule has 0 atom stereocenters. The van der Waals surface area contributed by atoms with Crippen molar-refractivity contribution in [1.29, 1.82) is 0 Å². The number of nitrogens with one attached hydrogen (secondary N) is 1. The van der Waals surface area contributed by atoms with Crippen molar-refractivity contribution in [3.05, 3.63) is 54.6 Å². The second-order valence-electron chi connectivity index (χ2n) is 4.09. The molecule has 0 amide bonds. The van der Waals surface area contributed by atoms with Crippen molar-refractivity contribution in [3.8, 4) is 0 Å². The first-order chi connectivity index (χ1) is 10.3. The number of benzene rings is 1. The molecule has 0 radical (unpaired) electrons. The van der Waals surface area contributed by atoms with Crippen LogP contribution in [0.15, 0.2) is 24.3 Å². The maximum absolute atomic E-state index is 11.0. The Morgan fingerprint density at radius 3 is 2.32 bits per heavy atom. The Kier molecular flexibility index (Phi) is 3.66. The number of hydrogen-bond donors (Lipinski definition) is 1. The highest BCUT2D eigenvalue weighted by atomic mass is 16.6. The van der Waals surface area contributed by atoms with E-state index in [1.165, 1.54) is 25.2 Å². The lowest BCUT2D eigenvalue weighted by Gasteiger charge is -2.03. The molecule has 0 bridgehead atoms. The predicted molar refractivity (Wildman–Crippen MR) is 72.9 cm³/mol. The highest BCUT2D eigenvalue weighted by Gasteiger charge is 2.36. The Morgan fingerprint density at radius 2 is 1.77 bits per heavy atom. The summed E-state index contributed by atoms with van der Waals surface area (Å²) in [4.78, 5) is 30.0. The average molecular weight is 308 g/mol. The average Bonchev–Trinajstić information content (AvgIpc) is 2.77. The summed E-state index contributed by atoms with van der Waals surface area (Å²) in [7, 11) is 1.28. The number of anilines is 2. The van der Waals surface area contributed by atoms with E-state index in [4.69, 9.17) is 0 Å². The van der Waals surface area contributed by atoms with E-state index in [0.29, 0.717) is 0 Å². The molecule has 1 N–H and O–H groups in total. The molecule has 0 saturated heterocycles. The van der Waals surface area contributed by atoms with Crippen LogP contribution in [0.3, 0.4) is 0 Å². The summed E-state index contributed by atoms with van der Waals surface area (Å²) in [6.45, 7) is 0. The fourth-order valence-electron chi connectivity index (χ4n) is 1.76. The van der Waals surface area contributed by atoms with Crippen LogP contribution in [0.1, 0.15) is 0 Å². The van der Waals surface area contributed by atoms with Gasteiger partial charge in [-0.2, -0.15) is 4.68 Å². The van der Waals surface area contributed by atoms with E-state index in [0.717, 1.165) is 10.7 Å². The zero-order valence-corrected chi connectivity index (χ0v) is 11.0. The number of nitro groups is 3. The molecular weight excluding hydrogens is 300 g/mol. The van der Waals surface area contributed by atoms with Crippen LogP contribution in [-0.2, 0) is 7.05 Å². The summed E-state index contributed by atoms with van der Waals surface area (Å²) < 4.78 is 0.926. The zero-order valence-electron chi connectivity index (χ0n) is 11.0. The largest absolute Gasteiger partial charge is 0.470 e. The summed E-state index contributed by atoms with van der Waals surface area (Å²) in [6, 6.07) is 5.18. The van der Waals surface area contributed by atoms with Crippen LogP contribution in [0.2, 0.25) is 0 Å². The fourth-order valence-corrected chi connectivity index (χ4v) is 1.76. The van der Waals surface area contributed by atoms with Gasteiger partial charge in [-0.25, -0.2) is 0 Å². The molecule has 12 heteroatoms. The van der Waals surface area contributed by atoms with E-state index in [1.54, 1.807) is 0 Å². The van der Waals surface area contributed by atoms with Crippen LogP contribution < -0.4 is 5.32 Å². The molecule has 2 aromatic rings. The lowest BCUT2D eigenvalue weighted by Crippen LogP contribution is -2.02. The third kappa shape index (κ3) is 2.65. The van der Waals surface area contributed by atoms with Gasteiger partial charge >= 0.3 is 11.5 Å². The maximum Gasteiger partial charge on any atom is 0.470 e. The molecule has 2 rings (SSSR count). The minimum Gasteiger partial charge on any atom is -0.358 e. The van der Waals surface area contributed by atoms with Crippen LogP contribution in [0, 0.1) is 30.3 Å². The Labute approximate surface area is 121 Å². The molecule has 0 aliphatic rings. The topological polar surface area (TPSA) is 159 Å². The van der Waals surface area contributed by atoms with Crippen molar-refractivity contribution < 1.29 is 14.8 Å². The quantitative estimate of drug-likeness (QED) is 0.647. The number of rotatable bonds is 5. The smallest absolute Gasteiger partial charge is 0.358 e. The molecule has 0 aliphatic heterocycles. The van der Waals surface area contributed by atoms with Gasteiger partial charge in [-0.15, -0.1) is 0 Å². The van der Waals surface area contributed by atoms with Crippen LogP contribution in [0.25, 0.3) is 0 Å². The van der Waals surface area contributed by atoms with Gasteiger partial charge in [0.15, 0.2) is 0 Å². The van der Waals surface area contributed by atoms with Gasteiger partial charge in [-0.05, 0) is 11.0 Å². The third-order valence-electron chi connectivity index (χ3n) is 2.68. The molecule has 12 nitrogen and oxygen atoms in total. The van der Waals surface area contributed by atoms with Gasteiger partial charge in [0.2, 0.25) is 5.82 Å². The van der Waals surface area contributed by atoms with Gasteiger partial charge in [-0.1, -0.05) is 6.07 Å². The molecule has 114 valence electrons. The van der Waals surface area contributed by atoms with E-state index >= 15 is 0 Å². The molecule has 1 aromatic carbocycles. The summed E-state index contributed by atoms with van der Waals surface area (Å²) in [6.07, 6.45) is 0. The molecule has 1 aromatic heterocycles. The molecular formula is C10H8N6O6. The van der Waals surface area contributed by atoms with Crippen molar-refractivity contribution in [1.82, 2.24) is 9.78 Å². The lowest BCUT2D eigenvalue weighted by molar-refractivity contribution is -0.424. The Hall–Kier alpha value is -3.57. The molecule has 0 fully saturated rings. The Morgan fingerprint density at radius 1 is 1.09 bits per heavy atom. The first-order valence-corrected chi connectivity index (χ1v) is 5.68. The van der Waals surface area contributed by atoms with Gasteiger partial charge in [0, 0.05) is 17.8 Å². The monoisotopic (exact) mass is 308 g/mol. The molecule has 0 unspecified atom stereocenters. The summed E-state index contributed by atoms with van der Waals surface area (Å²) in [5.41, 5.74) is -0.890. The minimum atomic E-state index is -0.975. The second kappa shape index (κ2) is 5.43. The molecule has 0 aliphatic carbocycles. The lowest BCUT2D eigenvalue weighted by atomic mass is 10.3.